The van der Waals surface area contributed by atoms with Gasteiger partial charge in [-0.1, -0.05) is 18.2 Å². The molecule has 0 saturated carbocycles. The largest absolute Gasteiger partial charge is 0.464 e. The lowest BCUT2D eigenvalue weighted by molar-refractivity contribution is 0.0595. The standard InChI is InChI=1S/C15H16N2O2/c1-4-10(9-16-2)11-5-6-12-8-14(15(18)19-3)17-13(12)7-11/h4-9,17H,1-3H3. The van der Waals surface area contributed by atoms with Gasteiger partial charge in [0.25, 0.3) is 0 Å². The summed E-state index contributed by atoms with van der Waals surface area (Å²) in [6.07, 6.45) is 3.81. The van der Waals surface area contributed by atoms with Crippen molar-refractivity contribution in [2.45, 2.75) is 6.92 Å². The number of aromatic amines is 1. The molecule has 2 rings (SSSR count). The number of aromatic nitrogens is 1. The van der Waals surface area contributed by atoms with Crippen molar-refractivity contribution in [2.24, 2.45) is 4.99 Å². The maximum absolute atomic E-state index is 11.5. The molecule has 1 heterocycles. The molecule has 0 spiro atoms. The summed E-state index contributed by atoms with van der Waals surface area (Å²) in [6.45, 7) is 1.97. The Hall–Kier alpha value is -2.36. The van der Waals surface area contributed by atoms with Crippen molar-refractivity contribution in [3.05, 3.63) is 41.6 Å². The third kappa shape index (κ3) is 2.57. The lowest BCUT2D eigenvalue weighted by Crippen LogP contribution is -2.00. The Balaban J connectivity index is 2.49. The summed E-state index contributed by atoms with van der Waals surface area (Å²) in [4.78, 5) is 18.6. The van der Waals surface area contributed by atoms with E-state index in [2.05, 4.69) is 9.98 Å². The number of esters is 1. The smallest absolute Gasteiger partial charge is 0.354 e. The minimum Gasteiger partial charge on any atom is -0.464 e. The van der Waals surface area contributed by atoms with Crippen molar-refractivity contribution in [2.75, 3.05) is 14.2 Å². The fourth-order valence-electron chi connectivity index (χ4n) is 1.98. The van der Waals surface area contributed by atoms with Crippen LogP contribution in [0.1, 0.15) is 23.0 Å². The average molecular weight is 256 g/mol. The highest BCUT2D eigenvalue weighted by atomic mass is 16.5. The Morgan fingerprint density at radius 3 is 2.79 bits per heavy atom. The lowest BCUT2D eigenvalue weighted by atomic mass is 10.1. The Morgan fingerprint density at radius 1 is 1.37 bits per heavy atom. The summed E-state index contributed by atoms with van der Waals surface area (Å²) in [6, 6.07) is 7.77. The second-order valence-corrected chi connectivity index (χ2v) is 4.11. The molecule has 4 heteroatoms. The number of carbonyl (C=O) groups is 1. The van der Waals surface area contributed by atoms with E-state index in [0.717, 1.165) is 22.0 Å². The van der Waals surface area contributed by atoms with Crippen LogP contribution in [0, 0.1) is 0 Å². The van der Waals surface area contributed by atoms with Crippen LogP contribution in [-0.4, -0.2) is 31.3 Å². The molecule has 0 atom stereocenters. The first-order chi connectivity index (χ1) is 9.19. The molecule has 0 saturated heterocycles. The topological polar surface area (TPSA) is 54.4 Å². The number of methoxy groups -OCH3 is 1. The van der Waals surface area contributed by atoms with Crippen molar-refractivity contribution >= 4 is 28.7 Å². The Labute approximate surface area is 111 Å². The molecule has 0 bridgehead atoms. The van der Waals surface area contributed by atoms with Gasteiger partial charge in [0.05, 0.1) is 7.11 Å². The van der Waals surface area contributed by atoms with Gasteiger partial charge in [-0.3, -0.25) is 4.99 Å². The molecule has 0 unspecified atom stereocenters. The van der Waals surface area contributed by atoms with E-state index in [1.807, 2.05) is 37.4 Å². The number of nitrogens with zero attached hydrogens (tertiary/aromatic N) is 1. The number of ether oxygens (including phenoxy) is 1. The molecule has 1 N–H and O–H groups in total. The summed E-state index contributed by atoms with van der Waals surface area (Å²) >= 11 is 0. The van der Waals surface area contributed by atoms with Gasteiger partial charge in [0, 0.05) is 24.2 Å². The maximum atomic E-state index is 11.5. The highest BCUT2D eigenvalue weighted by molar-refractivity contribution is 6.10. The molecule has 1 aromatic heterocycles. The molecular weight excluding hydrogens is 240 g/mol. The highest BCUT2D eigenvalue weighted by Crippen LogP contribution is 2.21. The number of nitrogens with one attached hydrogen (secondary N) is 1. The van der Waals surface area contributed by atoms with Crippen LogP contribution in [0.15, 0.2) is 35.3 Å². The van der Waals surface area contributed by atoms with E-state index in [9.17, 15) is 4.79 Å². The second kappa shape index (κ2) is 5.52. The van der Waals surface area contributed by atoms with Gasteiger partial charge >= 0.3 is 5.97 Å². The average Bonchev–Trinajstić information content (AvgIpc) is 2.86. The Bertz CT molecular complexity index is 666. The fraction of sp³-hybridized carbons (Fsp3) is 0.200. The zero-order chi connectivity index (χ0) is 13.8. The zero-order valence-corrected chi connectivity index (χ0v) is 11.2. The number of aliphatic imine (C=N–C) groups is 1. The first-order valence-electron chi connectivity index (χ1n) is 5.99. The summed E-state index contributed by atoms with van der Waals surface area (Å²) in [5, 5.41) is 0.980. The normalized spacial score (nSPS) is 12.3. The molecule has 4 nitrogen and oxygen atoms in total. The number of benzene rings is 1. The highest BCUT2D eigenvalue weighted by Gasteiger charge is 2.10. The van der Waals surface area contributed by atoms with Crippen LogP contribution in [0.3, 0.4) is 0 Å². The van der Waals surface area contributed by atoms with Gasteiger partial charge in [-0.25, -0.2) is 4.79 Å². The number of hydrogen-bond acceptors (Lipinski definition) is 3. The van der Waals surface area contributed by atoms with Gasteiger partial charge in [0.2, 0.25) is 0 Å². The summed E-state index contributed by atoms with van der Waals surface area (Å²) in [5.41, 5.74) is 3.46. The predicted molar refractivity (Wildman–Crippen MR) is 77.7 cm³/mol. The maximum Gasteiger partial charge on any atom is 0.354 e. The van der Waals surface area contributed by atoms with Crippen LogP contribution >= 0.6 is 0 Å². The molecule has 0 fully saturated rings. The number of H-pyrrole nitrogens is 1. The van der Waals surface area contributed by atoms with E-state index in [1.165, 1.54) is 7.11 Å². The van der Waals surface area contributed by atoms with Crippen LogP contribution in [0.4, 0.5) is 0 Å². The first kappa shape index (κ1) is 13.1. The third-order valence-corrected chi connectivity index (χ3v) is 2.94. The van der Waals surface area contributed by atoms with E-state index in [-0.39, 0.29) is 5.97 Å². The molecule has 0 aliphatic rings. The van der Waals surface area contributed by atoms with E-state index >= 15 is 0 Å². The summed E-state index contributed by atoms with van der Waals surface area (Å²) < 4.78 is 4.70. The Morgan fingerprint density at radius 2 is 2.16 bits per heavy atom. The molecule has 0 amide bonds. The second-order valence-electron chi connectivity index (χ2n) is 4.11. The fourth-order valence-corrected chi connectivity index (χ4v) is 1.98. The van der Waals surface area contributed by atoms with Crippen molar-refractivity contribution in [3.8, 4) is 0 Å². The lowest BCUT2D eigenvalue weighted by Gasteiger charge is -2.01. The van der Waals surface area contributed by atoms with E-state index < -0.39 is 0 Å². The molecule has 19 heavy (non-hydrogen) atoms. The summed E-state index contributed by atoms with van der Waals surface area (Å²) in [7, 11) is 3.11. The van der Waals surface area contributed by atoms with E-state index in [4.69, 9.17) is 4.74 Å². The van der Waals surface area contributed by atoms with Crippen molar-refractivity contribution < 1.29 is 9.53 Å². The number of hydrogen-bond donors (Lipinski definition) is 1. The van der Waals surface area contributed by atoms with Crippen LogP contribution in [0.5, 0.6) is 0 Å². The van der Waals surface area contributed by atoms with E-state index in [1.54, 1.807) is 13.1 Å². The van der Waals surface area contributed by atoms with Crippen LogP contribution in [-0.2, 0) is 4.74 Å². The third-order valence-electron chi connectivity index (χ3n) is 2.94. The van der Waals surface area contributed by atoms with Crippen molar-refractivity contribution in [3.63, 3.8) is 0 Å². The molecule has 98 valence electrons. The number of carbonyl (C=O) groups excluding carboxylic acids is 1. The van der Waals surface area contributed by atoms with E-state index in [0.29, 0.717) is 5.69 Å². The number of rotatable bonds is 3. The molecule has 0 aliphatic carbocycles. The quantitative estimate of drug-likeness (QED) is 0.677. The summed E-state index contributed by atoms with van der Waals surface area (Å²) in [5.74, 6) is -0.362. The van der Waals surface area contributed by atoms with Crippen molar-refractivity contribution in [1.82, 2.24) is 4.98 Å². The molecular formula is C15H16N2O2. The van der Waals surface area contributed by atoms with Crippen LogP contribution < -0.4 is 0 Å². The SMILES string of the molecule is CC=C(C=NC)c1ccc2cc(C(=O)OC)[nH]c2c1. The molecule has 0 aliphatic heterocycles. The van der Waals surface area contributed by atoms with Gasteiger partial charge in [-0.15, -0.1) is 0 Å². The van der Waals surface area contributed by atoms with Gasteiger partial charge in [-0.05, 0) is 30.2 Å². The minimum atomic E-state index is -0.362. The first-order valence-corrected chi connectivity index (χ1v) is 5.99. The van der Waals surface area contributed by atoms with Crippen LogP contribution in [0.25, 0.3) is 16.5 Å². The molecule has 0 radical (unpaired) electrons. The van der Waals surface area contributed by atoms with Gasteiger partial charge in [0.1, 0.15) is 5.69 Å². The minimum absolute atomic E-state index is 0.362. The number of fused-ring (bicyclic) bond motifs is 1. The predicted octanol–water partition coefficient (Wildman–Crippen LogP) is 3.06. The van der Waals surface area contributed by atoms with Crippen molar-refractivity contribution in [1.29, 1.82) is 0 Å². The van der Waals surface area contributed by atoms with Gasteiger partial charge < -0.3 is 9.72 Å². The van der Waals surface area contributed by atoms with Gasteiger partial charge in [-0.2, -0.15) is 0 Å². The Kier molecular flexibility index (Phi) is 3.80. The number of allylic oxidation sites excluding steroid dienone is 2. The van der Waals surface area contributed by atoms with Crippen LogP contribution in [0.2, 0.25) is 0 Å². The van der Waals surface area contributed by atoms with Gasteiger partial charge in [0.15, 0.2) is 0 Å². The monoisotopic (exact) mass is 256 g/mol. The molecule has 1 aromatic carbocycles. The zero-order valence-electron chi connectivity index (χ0n) is 11.2. The molecule has 2 aromatic rings.